The van der Waals surface area contributed by atoms with E-state index in [0.717, 1.165) is 0 Å². The third-order valence-electron chi connectivity index (χ3n) is 0.417. The molecule has 108 valence electrons. The molecular formula is S18. The normalized spacial score (nSPS) is 7.33. The molecule has 0 aromatic heterocycles. The first-order valence-corrected chi connectivity index (χ1v) is 25.5. The monoisotopic (exact) mass is 575 g/mol. The highest BCUT2D eigenvalue weighted by Crippen LogP contribution is 1.41. The van der Waals surface area contributed by atoms with Crippen LogP contribution in [0.1, 0.15) is 0 Å². The average molecular weight is 577 g/mol. The van der Waals surface area contributed by atoms with Crippen LogP contribution >= 0.6 is 0 Å². The van der Waals surface area contributed by atoms with Crippen LogP contribution in [0.2, 0.25) is 0 Å². The highest BCUT2D eigenvalue weighted by atomic mass is 33.5. The maximum absolute atomic E-state index is 4.74. The van der Waals surface area contributed by atoms with E-state index in [2.05, 4.69) is 0 Å². The van der Waals surface area contributed by atoms with E-state index in [1.807, 2.05) is 0 Å². The smallest absolute Gasteiger partial charge is 0 e. The molecule has 18 heteroatoms. The molecule has 18 heavy (non-hydrogen) atoms. The summed E-state index contributed by atoms with van der Waals surface area (Å²) < 4.78 is 0. The molecule has 0 fully saturated rings. The third-order valence-corrected chi connectivity index (χ3v) is 33.7. The summed E-state index contributed by atoms with van der Waals surface area (Å²) in [5, 5.41) is 0. The molecule has 0 bridgehead atoms. The molecule has 0 rings (SSSR count). The molecule has 0 unspecified atom stereocenters. The first-order valence-electron chi connectivity index (χ1n) is 2.83. The van der Waals surface area contributed by atoms with Crippen LogP contribution in [0, 0.1) is 0 Å². The van der Waals surface area contributed by atoms with E-state index in [0.29, 0.717) is 0 Å². The van der Waals surface area contributed by atoms with Crippen LogP contribution in [0.15, 0.2) is 0 Å². The molecule has 0 aromatic rings. The van der Waals surface area contributed by atoms with Gasteiger partial charge in [0.2, 0.25) is 0 Å². The molecule has 0 amide bonds. The summed E-state index contributed by atoms with van der Waals surface area (Å²) in [5.74, 6) is 0. The minimum Gasteiger partial charge on any atom is 0 e. The minimum atomic E-state index is 1.37. The largest absolute Gasteiger partial charge is 0 e. The lowest BCUT2D eigenvalue weighted by atomic mass is 30.7. The van der Waals surface area contributed by atoms with Crippen LogP contribution in [-0.2, 0) is 164 Å². The Balaban J connectivity index is 5.72. The Kier molecular flexibility index (Phi) is 25.6. The number of hydrogen-bond acceptors (Lipinski definition) is 2. The van der Waals surface area contributed by atoms with Gasteiger partial charge in [0.15, 0.2) is 0 Å². The highest BCUT2D eigenvalue weighted by molar-refractivity contribution is 8.77. The zero-order chi connectivity index (χ0) is 13.3. The molecule has 0 saturated heterocycles. The van der Waals surface area contributed by atoms with Gasteiger partial charge in [0, 0.05) is 164 Å². The predicted octanol–water partition coefficient (Wildman–Crippen LogP) is -0.0432. The van der Waals surface area contributed by atoms with Gasteiger partial charge in [-0.3, -0.25) is 0 Å². The summed E-state index contributed by atoms with van der Waals surface area (Å²) in [5.41, 5.74) is 0. The van der Waals surface area contributed by atoms with Gasteiger partial charge in [-0.05, 0) is 0 Å². The molecule has 0 nitrogen and oxygen atoms in total. The van der Waals surface area contributed by atoms with Gasteiger partial charge < -0.3 is 0 Å². The quantitative estimate of drug-likeness (QED) is 0.397. The Bertz CT molecular complexity index is 819. The fourth-order valence-corrected chi connectivity index (χ4v) is 38.6. The second-order valence-electron chi connectivity index (χ2n) is 1.09. The van der Waals surface area contributed by atoms with Crippen molar-refractivity contribution >= 4 is 164 Å². The van der Waals surface area contributed by atoms with E-state index < -0.39 is 0 Å². The van der Waals surface area contributed by atoms with Crippen LogP contribution in [0.25, 0.3) is 0 Å². The molecule has 0 aliphatic carbocycles. The van der Waals surface area contributed by atoms with E-state index in [1.165, 1.54) is 17.8 Å². The number of rotatable bonds is 0. The van der Waals surface area contributed by atoms with Gasteiger partial charge in [-0.15, -0.1) is 0 Å². The first-order chi connectivity index (χ1) is 8.91. The minimum absolute atomic E-state index is 1.37. The van der Waals surface area contributed by atoms with Crippen molar-refractivity contribution in [3.05, 3.63) is 0 Å². The standard InChI is InChI=1S/S18/c1-3-5-7-9-11-13-15-17-18-16-14-12-10-8-6-4-2. The lowest BCUT2D eigenvalue weighted by Crippen LogP contribution is -1.40. The topological polar surface area (TPSA) is 0 Å². The summed E-state index contributed by atoms with van der Waals surface area (Å²) in [6.07, 6.45) is 0. The van der Waals surface area contributed by atoms with Gasteiger partial charge in [-0.1, -0.05) is 0 Å². The van der Waals surface area contributed by atoms with Crippen molar-refractivity contribution in [1.82, 2.24) is 0 Å². The highest BCUT2D eigenvalue weighted by Gasteiger charge is 1.41. The second kappa shape index (κ2) is 21.0. The lowest BCUT2D eigenvalue weighted by molar-refractivity contribution is 5.97. The fourth-order valence-electron chi connectivity index (χ4n) is 0.159. The van der Waals surface area contributed by atoms with Crippen LogP contribution in [-0.4, -0.2) is 0 Å². The predicted molar refractivity (Wildman–Crippen MR) is 133 cm³/mol. The summed E-state index contributed by atoms with van der Waals surface area (Å²) in [4.78, 5) is 0. The van der Waals surface area contributed by atoms with Crippen molar-refractivity contribution in [2.24, 2.45) is 0 Å². The van der Waals surface area contributed by atoms with Gasteiger partial charge in [-0.25, -0.2) is 0 Å². The van der Waals surface area contributed by atoms with Crippen molar-refractivity contribution in [2.75, 3.05) is 0 Å². The van der Waals surface area contributed by atoms with E-state index in [1.54, 1.807) is 124 Å². The SMILES string of the molecule is S=S=S=S=S=S=S=S=S=S=S=S=S=S=S=S=S=S. The Morgan fingerprint density at radius 3 is 0.611 bits per heavy atom. The Hall–Kier alpha value is 3.96. The van der Waals surface area contributed by atoms with E-state index in [9.17, 15) is 0 Å². The maximum Gasteiger partial charge on any atom is 0 e. The van der Waals surface area contributed by atoms with Gasteiger partial charge in [0.1, 0.15) is 0 Å². The third kappa shape index (κ3) is 20.0. The molecule has 0 saturated carbocycles. The molecule has 0 aliphatic heterocycles. The zero-order valence-corrected chi connectivity index (χ0v) is 22.0. The summed E-state index contributed by atoms with van der Waals surface area (Å²) in [6, 6.07) is 0. The summed E-state index contributed by atoms with van der Waals surface area (Å²) in [7, 11) is 27.2. The van der Waals surface area contributed by atoms with Crippen molar-refractivity contribution < 1.29 is 0 Å². The molecule has 0 aromatic carbocycles. The summed E-state index contributed by atoms with van der Waals surface area (Å²) >= 11 is 9.49. The second-order valence-corrected chi connectivity index (χ2v) is 29.4. The van der Waals surface area contributed by atoms with Crippen molar-refractivity contribution in [2.45, 2.75) is 0 Å². The molecule has 0 radical (unpaired) electrons. The van der Waals surface area contributed by atoms with Crippen LogP contribution < -0.4 is 0 Å². The average Bonchev–Trinajstić information content (AvgIpc) is 2.39. The Morgan fingerprint density at radius 2 is 0.444 bits per heavy atom. The fraction of sp³-hybridized carbons (Fsp3) is 0. The zero-order valence-electron chi connectivity index (χ0n) is 7.35. The van der Waals surface area contributed by atoms with E-state index >= 15 is 0 Å². The first kappa shape index (κ1) is 22.0. The molecule has 0 aliphatic rings. The maximum atomic E-state index is 4.74. The molecule has 0 heterocycles. The number of hydrogen-bond donors (Lipinski definition) is 0. The van der Waals surface area contributed by atoms with Gasteiger partial charge in [-0.2, -0.15) is 0 Å². The molecule has 0 atom stereocenters. The van der Waals surface area contributed by atoms with Gasteiger partial charge in [0.05, 0.1) is 0 Å². The van der Waals surface area contributed by atoms with Crippen LogP contribution in [0.5, 0.6) is 0 Å². The molecular weight excluding hydrogens is 577 g/mol. The van der Waals surface area contributed by atoms with Gasteiger partial charge >= 0.3 is 0 Å². The van der Waals surface area contributed by atoms with Crippen molar-refractivity contribution in [3.63, 3.8) is 0 Å². The Morgan fingerprint density at radius 1 is 0.278 bits per heavy atom. The van der Waals surface area contributed by atoms with Crippen LogP contribution in [0.4, 0.5) is 0 Å². The molecule has 0 spiro atoms. The Labute approximate surface area is 160 Å². The van der Waals surface area contributed by atoms with Crippen molar-refractivity contribution in [1.29, 1.82) is 0 Å². The van der Waals surface area contributed by atoms with Gasteiger partial charge in [0.25, 0.3) is 0 Å². The lowest BCUT2D eigenvalue weighted by Gasteiger charge is -1.39. The van der Waals surface area contributed by atoms with Crippen LogP contribution in [0.3, 0.4) is 0 Å². The van der Waals surface area contributed by atoms with E-state index in [-0.39, 0.29) is 0 Å². The molecule has 0 N–H and O–H groups in total. The van der Waals surface area contributed by atoms with E-state index in [4.69, 9.17) is 22.4 Å². The van der Waals surface area contributed by atoms with Crippen molar-refractivity contribution in [3.8, 4) is 0 Å². The summed E-state index contributed by atoms with van der Waals surface area (Å²) in [6.45, 7) is 0.